The Morgan fingerprint density at radius 1 is 0.654 bits per heavy atom. The maximum atomic E-state index is 12.9. The third-order valence-electron chi connectivity index (χ3n) is 3.99. The van der Waals surface area contributed by atoms with Gasteiger partial charge in [-0.25, -0.2) is 19.2 Å². The van der Waals surface area contributed by atoms with E-state index in [1.165, 1.54) is 24.3 Å². The van der Waals surface area contributed by atoms with Gasteiger partial charge in [-0.05, 0) is 56.1 Å². The minimum atomic E-state index is -0.853. The Morgan fingerprint density at radius 2 is 1.04 bits per heavy atom. The summed E-state index contributed by atoms with van der Waals surface area (Å²) in [7, 11) is 0. The maximum Gasteiger partial charge on any atom is 0.348 e. The van der Waals surface area contributed by atoms with Crippen molar-refractivity contribution in [1.29, 1.82) is 0 Å². The van der Waals surface area contributed by atoms with Gasteiger partial charge in [0.25, 0.3) is 0 Å². The number of benzene rings is 2. The summed E-state index contributed by atoms with van der Waals surface area (Å²) in [6.45, 7) is 0. The number of ketones is 1. The molecule has 2 heterocycles. The van der Waals surface area contributed by atoms with Gasteiger partial charge in [0.1, 0.15) is 0 Å². The normalized spacial score (nSPS) is 14.8. The molecular formula is C17H4Br2O7. The summed E-state index contributed by atoms with van der Waals surface area (Å²) >= 11 is 6.34. The van der Waals surface area contributed by atoms with Crippen LogP contribution in [-0.2, 0) is 9.47 Å². The largest absolute Gasteiger partial charge is 0.386 e. The van der Waals surface area contributed by atoms with Crippen LogP contribution in [0.2, 0.25) is 0 Å². The Bertz CT molecular complexity index is 1020. The molecule has 9 heteroatoms. The number of hydrogen-bond acceptors (Lipinski definition) is 7. The number of cyclic esters (lactones) is 4. The van der Waals surface area contributed by atoms with Gasteiger partial charge in [-0.3, -0.25) is 4.79 Å². The van der Waals surface area contributed by atoms with Gasteiger partial charge in [-0.1, -0.05) is 0 Å². The number of esters is 4. The average Bonchev–Trinajstić information content (AvgIpc) is 3.04. The molecule has 0 unspecified atom stereocenters. The van der Waals surface area contributed by atoms with E-state index in [1.54, 1.807) is 0 Å². The van der Waals surface area contributed by atoms with E-state index in [4.69, 9.17) is 0 Å². The van der Waals surface area contributed by atoms with Crippen molar-refractivity contribution >= 4 is 61.5 Å². The number of carbonyl (C=O) groups excluding carboxylic acids is 5. The second kappa shape index (κ2) is 5.68. The molecule has 0 aromatic heterocycles. The summed E-state index contributed by atoms with van der Waals surface area (Å²) in [4.78, 5) is 59.7. The summed E-state index contributed by atoms with van der Waals surface area (Å²) in [6, 6.07) is 5.38. The van der Waals surface area contributed by atoms with Crippen molar-refractivity contribution in [1.82, 2.24) is 0 Å². The first-order valence-electron chi connectivity index (χ1n) is 7.04. The van der Waals surface area contributed by atoms with E-state index < -0.39 is 29.7 Å². The van der Waals surface area contributed by atoms with Crippen molar-refractivity contribution < 1.29 is 33.4 Å². The van der Waals surface area contributed by atoms with Gasteiger partial charge in [-0.2, -0.15) is 0 Å². The molecule has 0 aliphatic carbocycles. The number of halogens is 2. The fourth-order valence-corrected chi connectivity index (χ4v) is 4.14. The zero-order valence-corrected chi connectivity index (χ0v) is 15.6. The molecule has 2 aliphatic heterocycles. The number of rotatable bonds is 2. The summed E-state index contributed by atoms with van der Waals surface area (Å²) in [5, 5.41) is 0. The van der Waals surface area contributed by atoms with E-state index in [0.717, 1.165) is 0 Å². The SMILES string of the molecule is O=C(c1ccc2c(c1Br)C(=O)OC2=O)c1ccc2c(c1Br)C(=O)OC2=O. The predicted molar refractivity (Wildman–Crippen MR) is 91.2 cm³/mol. The first-order valence-corrected chi connectivity index (χ1v) is 8.62. The lowest BCUT2D eigenvalue weighted by Crippen LogP contribution is -2.09. The Hall–Kier alpha value is -2.65. The number of carbonyl (C=O) groups is 5. The molecule has 0 N–H and O–H groups in total. The topological polar surface area (TPSA) is 104 Å². The van der Waals surface area contributed by atoms with E-state index in [9.17, 15) is 24.0 Å². The maximum absolute atomic E-state index is 12.9. The Kier molecular flexibility index (Phi) is 3.67. The van der Waals surface area contributed by atoms with Gasteiger partial charge in [0, 0.05) is 20.1 Å². The summed E-state index contributed by atoms with van der Waals surface area (Å²) < 4.78 is 9.30. The van der Waals surface area contributed by atoms with Crippen LogP contribution in [0.25, 0.3) is 0 Å². The number of ether oxygens (including phenoxy) is 2. The van der Waals surface area contributed by atoms with Crippen LogP contribution in [0.1, 0.15) is 57.4 Å². The fourth-order valence-electron chi connectivity index (χ4n) is 2.77. The lowest BCUT2D eigenvalue weighted by atomic mass is 9.96. The predicted octanol–water partition coefficient (Wildman–Crippen LogP) is 3.06. The second-order valence-corrected chi connectivity index (χ2v) is 6.97. The quantitative estimate of drug-likeness (QED) is 0.370. The molecule has 0 amide bonds. The Labute approximate surface area is 161 Å². The molecule has 7 nitrogen and oxygen atoms in total. The van der Waals surface area contributed by atoms with Gasteiger partial charge in [0.15, 0.2) is 5.78 Å². The second-order valence-electron chi connectivity index (χ2n) is 5.38. The van der Waals surface area contributed by atoms with Crippen molar-refractivity contribution in [2.24, 2.45) is 0 Å². The lowest BCUT2D eigenvalue weighted by Gasteiger charge is -2.09. The summed E-state index contributed by atoms with van der Waals surface area (Å²) in [5.74, 6) is -3.81. The molecule has 2 aliphatic rings. The fraction of sp³-hybridized carbons (Fsp3) is 0. The third kappa shape index (κ3) is 2.20. The smallest absolute Gasteiger partial charge is 0.348 e. The highest BCUT2D eigenvalue weighted by atomic mass is 79.9. The summed E-state index contributed by atoms with van der Waals surface area (Å²) in [6.07, 6.45) is 0. The third-order valence-corrected chi connectivity index (χ3v) is 5.64. The lowest BCUT2D eigenvalue weighted by molar-refractivity contribution is 0.0425. The molecule has 0 saturated heterocycles. The van der Waals surface area contributed by atoms with Gasteiger partial charge < -0.3 is 9.47 Å². The summed E-state index contributed by atoms with van der Waals surface area (Å²) in [5.41, 5.74) is 0.226. The molecule has 2 aromatic rings. The van der Waals surface area contributed by atoms with Crippen LogP contribution in [0.3, 0.4) is 0 Å². The van der Waals surface area contributed by atoms with Crippen molar-refractivity contribution in [3.8, 4) is 0 Å². The van der Waals surface area contributed by atoms with Crippen LogP contribution in [-0.4, -0.2) is 29.7 Å². The van der Waals surface area contributed by atoms with Crippen molar-refractivity contribution in [2.45, 2.75) is 0 Å². The average molecular weight is 480 g/mol. The van der Waals surface area contributed by atoms with Gasteiger partial charge >= 0.3 is 23.9 Å². The monoisotopic (exact) mass is 478 g/mol. The molecule has 0 bridgehead atoms. The van der Waals surface area contributed by atoms with Crippen molar-refractivity contribution in [3.05, 3.63) is 66.6 Å². The van der Waals surface area contributed by atoms with E-state index in [1.807, 2.05) is 0 Å². The van der Waals surface area contributed by atoms with Crippen molar-refractivity contribution in [3.63, 3.8) is 0 Å². The van der Waals surface area contributed by atoms with Crippen LogP contribution in [0, 0.1) is 0 Å². The van der Waals surface area contributed by atoms with Gasteiger partial charge in [0.05, 0.1) is 22.3 Å². The molecule has 128 valence electrons. The first-order chi connectivity index (χ1) is 12.3. The van der Waals surface area contributed by atoms with E-state index in [2.05, 4.69) is 41.3 Å². The minimum absolute atomic E-state index is 0.0345. The highest BCUT2D eigenvalue weighted by molar-refractivity contribution is 9.11. The van der Waals surface area contributed by atoms with Gasteiger partial charge in [-0.15, -0.1) is 0 Å². The molecular weight excluding hydrogens is 476 g/mol. The molecule has 0 atom stereocenters. The van der Waals surface area contributed by atoms with Crippen LogP contribution in [0.15, 0.2) is 33.2 Å². The first kappa shape index (κ1) is 16.8. The molecule has 0 fully saturated rings. The van der Waals surface area contributed by atoms with Crippen LogP contribution >= 0.6 is 31.9 Å². The zero-order valence-electron chi connectivity index (χ0n) is 12.4. The molecule has 0 saturated carbocycles. The number of fused-ring (bicyclic) bond motifs is 2. The van der Waals surface area contributed by atoms with Crippen molar-refractivity contribution in [2.75, 3.05) is 0 Å². The molecule has 4 rings (SSSR count). The zero-order chi connectivity index (χ0) is 18.7. The standard InChI is InChI=1S/C17H4Br2O7/c18-11-7(3-1-5-9(11)16(23)25-14(5)21)13(20)8-4-2-6-10(12(8)19)17(24)26-15(6)22/h1-4H. The minimum Gasteiger partial charge on any atom is -0.386 e. The Morgan fingerprint density at radius 3 is 1.42 bits per heavy atom. The van der Waals surface area contributed by atoms with E-state index >= 15 is 0 Å². The van der Waals surface area contributed by atoms with E-state index in [-0.39, 0.29) is 42.3 Å². The Balaban J connectivity index is 1.86. The van der Waals surface area contributed by atoms with Crippen LogP contribution in [0.5, 0.6) is 0 Å². The van der Waals surface area contributed by atoms with Crippen LogP contribution < -0.4 is 0 Å². The van der Waals surface area contributed by atoms with Crippen LogP contribution in [0.4, 0.5) is 0 Å². The van der Waals surface area contributed by atoms with Gasteiger partial charge in [0.2, 0.25) is 0 Å². The number of hydrogen-bond donors (Lipinski definition) is 0. The molecule has 0 radical (unpaired) electrons. The highest BCUT2D eigenvalue weighted by Gasteiger charge is 2.36. The highest BCUT2D eigenvalue weighted by Crippen LogP contribution is 2.35. The molecule has 26 heavy (non-hydrogen) atoms. The molecule has 2 aromatic carbocycles. The molecule has 0 spiro atoms. The van der Waals surface area contributed by atoms with E-state index in [0.29, 0.717) is 0 Å².